The fourth-order valence-corrected chi connectivity index (χ4v) is 1.65. The second-order valence-corrected chi connectivity index (χ2v) is 3.83. The number of carbonyl (C=O) groups is 1. The Balaban J connectivity index is 1.75. The second-order valence-electron chi connectivity index (χ2n) is 3.83. The summed E-state index contributed by atoms with van der Waals surface area (Å²) in [6.07, 6.45) is 0.607. The molecule has 0 N–H and O–H groups in total. The van der Waals surface area contributed by atoms with Crippen LogP contribution in [-0.2, 0) is 4.79 Å². The maximum atomic E-state index is 12.1. The van der Waals surface area contributed by atoms with Crippen molar-refractivity contribution < 1.29 is 9.53 Å². The summed E-state index contributed by atoms with van der Waals surface area (Å²) < 4.78 is 5.38. The van der Waals surface area contributed by atoms with E-state index in [1.54, 1.807) is 36.5 Å². The molecule has 6 nitrogen and oxygen atoms in total. The van der Waals surface area contributed by atoms with Gasteiger partial charge < -0.3 is 4.74 Å². The summed E-state index contributed by atoms with van der Waals surface area (Å²) in [7, 11) is 0. The number of hydrogen-bond donors (Lipinski definition) is 0. The van der Waals surface area contributed by atoms with Gasteiger partial charge in [-0.05, 0) is 18.2 Å². The van der Waals surface area contributed by atoms with Crippen LogP contribution in [0.3, 0.4) is 0 Å². The van der Waals surface area contributed by atoms with Crippen molar-refractivity contribution >= 4 is 11.6 Å². The third kappa shape index (κ3) is 2.28. The predicted octanol–water partition coefficient (Wildman–Crippen LogP) is 2.20. The zero-order valence-electron chi connectivity index (χ0n) is 9.88. The van der Waals surface area contributed by atoms with E-state index in [4.69, 9.17) is 4.74 Å². The molecule has 2 heterocycles. The number of anilines is 1. The van der Waals surface area contributed by atoms with Crippen molar-refractivity contribution in [1.82, 2.24) is 4.98 Å². The van der Waals surface area contributed by atoms with Gasteiger partial charge in [0.25, 0.3) is 6.23 Å². The molecule has 19 heavy (non-hydrogen) atoms. The Kier molecular flexibility index (Phi) is 2.89. The maximum Gasteiger partial charge on any atom is 0.314 e. The van der Waals surface area contributed by atoms with Crippen LogP contribution in [0.2, 0.25) is 0 Å². The minimum Gasteiger partial charge on any atom is -0.440 e. The van der Waals surface area contributed by atoms with Crippen LogP contribution < -0.4 is 9.75 Å². The highest BCUT2D eigenvalue weighted by molar-refractivity contribution is 5.97. The van der Waals surface area contributed by atoms with Crippen molar-refractivity contribution in [1.29, 1.82) is 0 Å². The molecule has 0 fully saturated rings. The average Bonchev–Trinajstić information content (AvgIpc) is 2.82. The van der Waals surface area contributed by atoms with Gasteiger partial charge in [0.05, 0.1) is 5.69 Å². The fourth-order valence-electron chi connectivity index (χ4n) is 1.65. The van der Waals surface area contributed by atoms with Crippen molar-refractivity contribution in [3.05, 3.63) is 54.7 Å². The minimum absolute atomic E-state index is 0.336. The quantitative estimate of drug-likeness (QED) is 0.843. The first kappa shape index (κ1) is 11.3. The number of hydrogen-bond acceptors (Lipinski definition) is 5. The summed E-state index contributed by atoms with van der Waals surface area (Å²) >= 11 is 0. The number of pyridine rings is 1. The molecule has 0 spiro atoms. The highest BCUT2D eigenvalue weighted by Gasteiger charge is 2.33. The molecule has 1 aromatic heterocycles. The summed E-state index contributed by atoms with van der Waals surface area (Å²) in [6, 6.07) is 14.3. The van der Waals surface area contributed by atoms with E-state index in [0.29, 0.717) is 11.6 Å². The summed E-state index contributed by atoms with van der Waals surface area (Å²) in [5.74, 6) is 0.00608. The number of carbonyl (C=O) groups excluding carboxylic acids is 1. The topological polar surface area (TPSA) is 67.1 Å². The molecule has 1 aromatic carbocycles. The van der Waals surface area contributed by atoms with E-state index in [2.05, 4.69) is 15.3 Å². The molecule has 1 aliphatic heterocycles. The number of ether oxygens (including phenoxy) is 1. The van der Waals surface area contributed by atoms with Gasteiger partial charge in [0, 0.05) is 12.3 Å². The number of amides is 1. The van der Waals surface area contributed by atoms with E-state index in [1.165, 1.54) is 5.01 Å². The minimum atomic E-state index is -0.977. The second kappa shape index (κ2) is 4.85. The van der Waals surface area contributed by atoms with Gasteiger partial charge in [-0.15, -0.1) is 5.11 Å². The van der Waals surface area contributed by atoms with Crippen LogP contribution in [0, 0.1) is 0 Å². The molecule has 1 atom stereocenters. The Morgan fingerprint density at radius 1 is 1.05 bits per heavy atom. The lowest BCUT2D eigenvalue weighted by Gasteiger charge is -2.12. The first-order valence-corrected chi connectivity index (χ1v) is 5.72. The van der Waals surface area contributed by atoms with Crippen molar-refractivity contribution in [3.8, 4) is 5.88 Å². The maximum absolute atomic E-state index is 12.1. The van der Waals surface area contributed by atoms with Gasteiger partial charge in [0.1, 0.15) is 0 Å². The number of aromatic nitrogens is 1. The van der Waals surface area contributed by atoms with Gasteiger partial charge in [0.2, 0.25) is 5.88 Å². The molecule has 94 valence electrons. The Morgan fingerprint density at radius 2 is 1.84 bits per heavy atom. The van der Waals surface area contributed by atoms with Gasteiger partial charge >= 0.3 is 5.91 Å². The lowest BCUT2D eigenvalue weighted by molar-refractivity contribution is -0.123. The Hall–Kier alpha value is -2.76. The van der Waals surface area contributed by atoms with Crippen LogP contribution >= 0.6 is 0 Å². The molecular weight excluding hydrogens is 244 g/mol. The number of benzene rings is 1. The molecule has 1 aliphatic rings. The summed E-state index contributed by atoms with van der Waals surface area (Å²) in [4.78, 5) is 16.1. The standard InChI is InChI=1S/C13H10N4O2/c18-13-12(19-11-8-4-5-9-14-11)15-16-17(13)10-6-2-1-3-7-10/h1-9,12H. The summed E-state index contributed by atoms with van der Waals surface area (Å²) in [6.45, 7) is 0. The fraction of sp³-hybridized carbons (Fsp3) is 0.0769. The van der Waals surface area contributed by atoms with E-state index < -0.39 is 6.23 Å². The first-order chi connectivity index (χ1) is 9.34. The monoisotopic (exact) mass is 254 g/mol. The highest BCUT2D eigenvalue weighted by atomic mass is 16.5. The summed E-state index contributed by atoms with van der Waals surface area (Å²) in [5, 5.41) is 8.85. The molecule has 0 aliphatic carbocycles. The average molecular weight is 254 g/mol. The van der Waals surface area contributed by atoms with Gasteiger partial charge in [0.15, 0.2) is 0 Å². The van der Waals surface area contributed by atoms with Gasteiger partial charge in [-0.3, -0.25) is 4.79 Å². The van der Waals surface area contributed by atoms with Crippen LogP contribution in [0.25, 0.3) is 0 Å². The molecule has 1 amide bonds. The molecule has 2 aromatic rings. The van der Waals surface area contributed by atoms with E-state index >= 15 is 0 Å². The van der Waals surface area contributed by atoms with Crippen LogP contribution in [-0.4, -0.2) is 17.1 Å². The van der Waals surface area contributed by atoms with E-state index in [1.807, 2.05) is 18.2 Å². The summed E-state index contributed by atoms with van der Waals surface area (Å²) in [5.41, 5.74) is 0.656. The zero-order valence-corrected chi connectivity index (χ0v) is 9.88. The Labute approximate surface area is 109 Å². The SMILES string of the molecule is O=C1C(Oc2ccccn2)N=NN1c1ccccc1. The van der Waals surface area contributed by atoms with Gasteiger partial charge in [-0.25, -0.2) is 4.98 Å². The Bertz CT molecular complexity index is 601. The number of rotatable bonds is 3. The lowest BCUT2D eigenvalue weighted by atomic mass is 10.3. The van der Waals surface area contributed by atoms with Gasteiger partial charge in [-0.2, -0.15) is 5.01 Å². The van der Waals surface area contributed by atoms with Crippen LogP contribution in [0.4, 0.5) is 5.69 Å². The molecule has 0 radical (unpaired) electrons. The normalized spacial score (nSPS) is 17.8. The van der Waals surface area contributed by atoms with Crippen molar-refractivity contribution in [2.24, 2.45) is 10.3 Å². The van der Waals surface area contributed by atoms with Crippen molar-refractivity contribution in [3.63, 3.8) is 0 Å². The van der Waals surface area contributed by atoms with E-state index in [0.717, 1.165) is 0 Å². The van der Waals surface area contributed by atoms with Gasteiger partial charge in [-0.1, -0.05) is 29.5 Å². The van der Waals surface area contributed by atoms with Crippen molar-refractivity contribution in [2.75, 3.05) is 5.01 Å². The largest absolute Gasteiger partial charge is 0.440 e. The highest BCUT2D eigenvalue weighted by Crippen LogP contribution is 2.22. The van der Waals surface area contributed by atoms with E-state index in [-0.39, 0.29) is 5.91 Å². The molecule has 1 unspecified atom stereocenters. The molecule has 6 heteroatoms. The smallest absolute Gasteiger partial charge is 0.314 e. The van der Waals surface area contributed by atoms with Crippen LogP contribution in [0.5, 0.6) is 5.88 Å². The third-order valence-electron chi connectivity index (χ3n) is 2.54. The molecule has 0 bridgehead atoms. The van der Waals surface area contributed by atoms with Crippen molar-refractivity contribution in [2.45, 2.75) is 6.23 Å². The number of nitrogens with zero attached hydrogens (tertiary/aromatic N) is 4. The van der Waals surface area contributed by atoms with Crippen LogP contribution in [0.1, 0.15) is 0 Å². The molecular formula is C13H10N4O2. The molecule has 3 rings (SSSR count). The third-order valence-corrected chi connectivity index (χ3v) is 2.54. The molecule has 0 saturated heterocycles. The predicted molar refractivity (Wildman–Crippen MR) is 67.4 cm³/mol. The molecule has 0 saturated carbocycles. The first-order valence-electron chi connectivity index (χ1n) is 5.72. The Morgan fingerprint density at radius 3 is 2.58 bits per heavy atom. The zero-order chi connectivity index (χ0) is 13.1. The van der Waals surface area contributed by atoms with E-state index in [9.17, 15) is 4.79 Å². The van der Waals surface area contributed by atoms with Crippen LogP contribution in [0.15, 0.2) is 65.1 Å². The number of para-hydroxylation sites is 1. The lowest BCUT2D eigenvalue weighted by Crippen LogP contribution is -2.32.